The Labute approximate surface area is 56.3 Å². The zero-order valence-corrected chi connectivity index (χ0v) is 7.13. The predicted molar refractivity (Wildman–Crippen MR) is 40.7 cm³/mol. The minimum atomic E-state index is -1.34. The summed E-state index contributed by atoms with van der Waals surface area (Å²) < 4.78 is 0. The van der Waals surface area contributed by atoms with Gasteiger partial charge in [-0.25, -0.2) is 0 Å². The van der Waals surface area contributed by atoms with Gasteiger partial charge in [-0.3, -0.25) is 0 Å². The fourth-order valence-corrected chi connectivity index (χ4v) is 2.71. The Morgan fingerprint density at radius 2 is 2.12 bits per heavy atom. The molecule has 0 heterocycles. The van der Waals surface area contributed by atoms with E-state index in [1.165, 1.54) is 12.8 Å². The summed E-state index contributed by atoms with van der Waals surface area (Å²) in [6.45, 7) is 4.36. The zero-order valence-electron chi connectivity index (χ0n) is 5.37. The van der Waals surface area contributed by atoms with Gasteiger partial charge in [-0.15, -0.1) is 0 Å². The van der Waals surface area contributed by atoms with E-state index in [2.05, 4.69) is 19.2 Å². The lowest BCUT2D eigenvalue weighted by Gasteiger charge is -2.23. The highest BCUT2D eigenvalue weighted by molar-refractivity contribution is 7.23. The van der Waals surface area contributed by atoms with E-state index in [-0.39, 0.29) is 0 Å². The van der Waals surface area contributed by atoms with Crippen molar-refractivity contribution in [3.05, 3.63) is 11.3 Å². The first-order chi connectivity index (χ1) is 3.61. The molecule has 0 atom stereocenters. The molecule has 0 aromatic heterocycles. The van der Waals surface area contributed by atoms with Crippen LogP contribution in [-0.2, 0) is 0 Å². The Morgan fingerprint density at radius 1 is 1.62 bits per heavy atom. The Balaban J connectivity index is 2.59. The molecule has 0 spiro atoms. The minimum absolute atomic E-state index is 1.26. The second kappa shape index (κ2) is 1.89. The summed E-state index contributed by atoms with van der Waals surface area (Å²) in [4.78, 5) is 0. The normalized spacial score (nSPS) is 19.6. The van der Waals surface area contributed by atoms with E-state index in [0.717, 1.165) is 0 Å². The molecule has 0 N–H and O–H groups in total. The van der Waals surface area contributed by atoms with Gasteiger partial charge in [-0.05, 0) is 12.8 Å². The van der Waals surface area contributed by atoms with Gasteiger partial charge in [0.1, 0.15) is 0 Å². The first-order valence-electron chi connectivity index (χ1n) is 2.99. The van der Waals surface area contributed by atoms with E-state index in [4.69, 9.17) is 11.1 Å². The first-order valence-corrected chi connectivity index (χ1v) is 7.00. The SMILES string of the molecule is C[Si](C)(Cl)C1=CCC1. The van der Waals surface area contributed by atoms with E-state index in [9.17, 15) is 0 Å². The summed E-state index contributed by atoms with van der Waals surface area (Å²) in [7, 11) is -1.34. The molecule has 0 aliphatic heterocycles. The Bertz CT molecular complexity index is 121. The first kappa shape index (κ1) is 6.37. The van der Waals surface area contributed by atoms with Crippen molar-refractivity contribution in [2.75, 3.05) is 0 Å². The largest absolute Gasteiger partial charge is 0.176 e. The number of hydrogen-bond acceptors (Lipinski definition) is 0. The van der Waals surface area contributed by atoms with E-state index in [1.807, 2.05) is 0 Å². The van der Waals surface area contributed by atoms with Gasteiger partial charge in [0.25, 0.3) is 0 Å². The van der Waals surface area contributed by atoms with Gasteiger partial charge in [-0.2, -0.15) is 11.1 Å². The van der Waals surface area contributed by atoms with Crippen molar-refractivity contribution in [1.29, 1.82) is 0 Å². The molecule has 0 aromatic rings. The molecule has 0 aromatic carbocycles. The van der Waals surface area contributed by atoms with Crippen LogP contribution in [0.1, 0.15) is 12.8 Å². The highest BCUT2D eigenvalue weighted by Crippen LogP contribution is 2.30. The van der Waals surface area contributed by atoms with Gasteiger partial charge < -0.3 is 0 Å². The molecule has 1 rings (SSSR count). The number of allylic oxidation sites excluding steroid dienone is 2. The van der Waals surface area contributed by atoms with Crippen LogP contribution in [0.3, 0.4) is 0 Å². The fraction of sp³-hybridized carbons (Fsp3) is 0.667. The monoisotopic (exact) mass is 146 g/mol. The van der Waals surface area contributed by atoms with Gasteiger partial charge in [0, 0.05) is 0 Å². The maximum Gasteiger partial charge on any atom is 0.176 e. The minimum Gasteiger partial charge on any atom is -0.162 e. The van der Waals surface area contributed by atoms with Crippen LogP contribution >= 0.6 is 11.1 Å². The van der Waals surface area contributed by atoms with E-state index < -0.39 is 7.38 Å². The molecule has 46 valence electrons. The third kappa shape index (κ3) is 1.15. The summed E-state index contributed by atoms with van der Waals surface area (Å²) in [6.07, 6.45) is 4.81. The molecular weight excluding hydrogens is 136 g/mol. The third-order valence-corrected chi connectivity index (χ3v) is 4.28. The van der Waals surface area contributed by atoms with E-state index in [0.29, 0.717) is 0 Å². The van der Waals surface area contributed by atoms with Crippen molar-refractivity contribution in [3.63, 3.8) is 0 Å². The highest BCUT2D eigenvalue weighted by atomic mass is 35.6. The van der Waals surface area contributed by atoms with Crippen LogP contribution in [0, 0.1) is 0 Å². The third-order valence-electron chi connectivity index (χ3n) is 1.57. The van der Waals surface area contributed by atoms with Crippen LogP contribution < -0.4 is 0 Å². The van der Waals surface area contributed by atoms with Crippen LogP contribution in [0.5, 0.6) is 0 Å². The molecule has 0 saturated heterocycles. The molecule has 0 bridgehead atoms. The van der Waals surface area contributed by atoms with Crippen molar-refractivity contribution < 1.29 is 0 Å². The van der Waals surface area contributed by atoms with Gasteiger partial charge in [0.15, 0.2) is 7.38 Å². The molecule has 0 amide bonds. The lowest BCUT2D eigenvalue weighted by Crippen LogP contribution is -2.24. The van der Waals surface area contributed by atoms with Gasteiger partial charge in [0.2, 0.25) is 0 Å². The van der Waals surface area contributed by atoms with Gasteiger partial charge in [-0.1, -0.05) is 24.4 Å². The maximum absolute atomic E-state index is 6.11. The zero-order chi connectivity index (χ0) is 6.20. The van der Waals surface area contributed by atoms with Crippen LogP contribution in [0.25, 0.3) is 0 Å². The topological polar surface area (TPSA) is 0 Å². The van der Waals surface area contributed by atoms with Gasteiger partial charge >= 0.3 is 0 Å². The summed E-state index contributed by atoms with van der Waals surface area (Å²) >= 11 is 6.11. The lowest BCUT2D eigenvalue weighted by atomic mass is 10.1. The van der Waals surface area contributed by atoms with Crippen molar-refractivity contribution >= 4 is 18.5 Å². The van der Waals surface area contributed by atoms with Crippen molar-refractivity contribution in [1.82, 2.24) is 0 Å². The molecule has 1 aliphatic carbocycles. The highest BCUT2D eigenvalue weighted by Gasteiger charge is 2.25. The quantitative estimate of drug-likeness (QED) is 0.394. The van der Waals surface area contributed by atoms with E-state index in [1.54, 1.807) is 5.20 Å². The Hall–Kier alpha value is 0.247. The smallest absolute Gasteiger partial charge is 0.162 e. The van der Waals surface area contributed by atoms with Crippen molar-refractivity contribution in [2.45, 2.75) is 25.9 Å². The summed E-state index contributed by atoms with van der Waals surface area (Å²) in [5, 5.41) is 1.54. The molecule has 1 aliphatic rings. The average Bonchev–Trinajstić information content (AvgIpc) is 1.16. The lowest BCUT2D eigenvalue weighted by molar-refractivity contribution is 0.926. The fourth-order valence-electron chi connectivity index (χ4n) is 0.829. The molecule has 0 radical (unpaired) electrons. The summed E-state index contributed by atoms with van der Waals surface area (Å²) in [5.74, 6) is 0. The van der Waals surface area contributed by atoms with Crippen LogP contribution in [0.4, 0.5) is 0 Å². The summed E-state index contributed by atoms with van der Waals surface area (Å²) in [5.41, 5.74) is 0. The average molecular weight is 147 g/mol. The Morgan fingerprint density at radius 3 is 2.12 bits per heavy atom. The molecule has 0 nitrogen and oxygen atoms in total. The molecule has 2 heteroatoms. The van der Waals surface area contributed by atoms with Gasteiger partial charge in [0.05, 0.1) is 0 Å². The maximum atomic E-state index is 6.11. The standard InChI is InChI=1S/C6H11ClSi/c1-8(2,7)6-4-3-5-6/h4H,3,5H2,1-2H3. The van der Waals surface area contributed by atoms with E-state index >= 15 is 0 Å². The molecule has 0 unspecified atom stereocenters. The summed E-state index contributed by atoms with van der Waals surface area (Å²) in [6, 6.07) is 0. The van der Waals surface area contributed by atoms with Crippen LogP contribution in [-0.4, -0.2) is 7.38 Å². The molecule has 0 fully saturated rings. The number of rotatable bonds is 1. The van der Waals surface area contributed by atoms with Crippen LogP contribution in [0.15, 0.2) is 11.3 Å². The molecular formula is C6H11ClSi. The Kier molecular flexibility index (Phi) is 1.50. The second-order valence-corrected chi connectivity index (χ2v) is 9.16. The van der Waals surface area contributed by atoms with Crippen LogP contribution in [0.2, 0.25) is 13.1 Å². The second-order valence-electron chi connectivity index (χ2n) is 2.74. The molecule has 8 heavy (non-hydrogen) atoms. The number of halogens is 1. The predicted octanol–water partition coefficient (Wildman–Crippen LogP) is 2.69. The number of hydrogen-bond donors (Lipinski definition) is 0. The molecule has 0 saturated carbocycles. The van der Waals surface area contributed by atoms with Crippen molar-refractivity contribution in [2.24, 2.45) is 0 Å². The van der Waals surface area contributed by atoms with Crippen molar-refractivity contribution in [3.8, 4) is 0 Å².